The standard InChI is InChI=1S/C11H10N2OS.C10H19NO3.H2/c1-8-2-4-9(5-3-8)10(14)13-11-12-6-7-15-11;1-11(8-13-9-12)6-2-4-10-5-3-7-14-10;/h2-7H,1H3,(H,12,13,14);9-10H,2-8H2,1H3;1H. The zero-order valence-electron chi connectivity index (χ0n) is 17.0. The fourth-order valence-corrected chi connectivity index (χ4v) is 3.37. The lowest BCUT2D eigenvalue weighted by molar-refractivity contribution is -0.132. The van der Waals surface area contributed by atoms with Crippen molar-refractivity contribution in [1.82, 2.24) is 9.88 Å². The van der Waals surface area contributed by atoms with E-state index in [0.717, 1.165) is 31.6 Å². The zero-order chi connectivity index (χ0) is 20.9. The number of benzene rings is 1. The fraction of sp³-hybridized carbons (Fsp3) is 0.476. The van der Waals surface area contributed by atoms with Gasteiger partial charge in [0, 0.05) is 31.7 Å². The molecule has 29 heavy (non-hydrogen) atoms. The topological polar surface area (TPSA) is 80.8 Å². The zero-order valence-corrected chi connectivity index (χ0v) is 17.8. The minimum Gasteiger partial charge on any atom is -0.452 e. The summed E-state index contributed by atoms with van der Waals surface area (Å²) >= 11 is 1.41. The Hall–Kier alpha value is -2.29. The first kappa shape index (κ1) is 23.0. The Bertz CT molecular complexity index is 722. The number of anilines is 1. The average Bonchev–Trinajstić information content (AvgIpc) is 3.42. The monoisotopic (exact) mass is 421 g/mol. The second-order valence-corrected chi connectivity index (χ2v) is 7.80. The van der Waals surface area contributed by atoms with Crippen LogP contribution in [0.3, 0.4) is 0 Å². The first-order valence-corrected chi connectivity index (χ1v) is 10.6. The predicted molar refractivity (Wildman–Crippen MR) is 116 cm³/mol. The maximum Gasteiger partial charge on any atom is 0.294 e. The van der Waals surface area contributed by atoms with Gasteiger partial charge in [-0.2, -0.15) is 0 Å². The van der Waals surface area contributed by atoms with E-state index in [0.29, 0.717) is 30.0 Å². The fourth-order valence-electron chi connectivity index (χ4n) is 2.84. The molecule has 1 aromatic carbocycles. The summed E-state index contributed by atoms with van der Waals surface area (Å²) in [5.74, 6) is -0.120. The number of aryl methyl sites for hydroxylation is 1. The van der Waals surface area contributed by atoms with Crippen molar-refractivity contribution in [2.24, 2.45) is 0 Å². The third-order valence-electron chi connectivity index (χ3n) is 4.42. The number of nitrogens with zero attached hydrogens (tertiary/aromatic N) is 2. The molecule has 0 aliphatic carbocycles. The van der Waals surface area contributed by atoms with Gasteiger partial charge in [0.25, 0.3) is 12.4 Å². The lowest BCUT2D eigenvalue weighted by atomic mass is 10.1. The van der Waals surface area contributed by atoms with Crippen molar-refractivity contribution in [2.75, 3.05) is 32.2 Å². The summed E-state index contributed by atoms with van der Waals surface area (Å²) < 4.78 is 10.1. The van der Waals surface area contributed by atoms with Crippen LogP contribution < -0.4 is 5.32 Å². The van der Waals surface area contributed by atoms with Gasteiger partial charge in [0.05, 0.1) is 6.10 Å². The molecular weight excluding hydrogens is 390 g/mol. The Morgan fingerprint density at radius 2 is 2.24 bits per heavy atom. The van der Waals surface area contributed by atoms with Crippen molar-refractivity contribution in [3.63, 3.8) is 0 Å². The number of aromatic nitrogens is 1. The summed E-state index contributed by atoms with van der Waals surface area (Å²) in [4.78, 5) is 27.6. The van der Waals surface area contributed by atoms with Gasteiger partial charge in [-0.15, -0.1) is 11.3 Å². The molecule has 7 nitrogen and oxygen atoms in total. The lowest BCUT2D eigenvalue weighted by Crippen LogP contribution is -2.23. The van der Waals surface area contributed by atoms with Crippen molar-refractivity contribution in [1.29, 1.82) is 0 Å². The van der Waals surface area contributed by atoms with Gasteiger partial charge in [-0.1, -0.05) is 17.7 Å². The van der Waals surface area contributed by atoms with E-state index in [2.05, 4.69) is 15.0 Å². The van der Waals surface area contributed by atoms with Crippen LogP contribution >= 0.6 is 11.3 Å². The first-order chi connectivity index (χ1) is 14.1. The second kappa shape index (κ2) is 13.0. The van der Waals surface area contributed by atoms with Gasteiger partial charge in [-0.3, -0.25) is 19.8 Å². The molecule has 2 heterocycles. The first-order valence-electron chi connectivity index (χ1n) is 9.71. The number of carbonyl (C=O) groups excluding carboxylic acids is 2. The van der Waals surface area contributed by atoms with Crippen LogP contribution in [0.4, 0.5) is 5.13 Å². The summed E-state index contributed by atoms with van der Waals surface area (Å²) in [5.41, 5.74) is 1.79. The van der Waals surface area contributed by atoms with E-state index in [1.807, 2.05) is 36.4 Å². The molecule has 3 rings (SSSR count). The highest BCUT2D eigenvalue weighted by Gasteiger charge is 2.14. The maximum absolute atomic E-state index is 11.7. The molecule has 1 amide bonds. The Kier molecular flexibility index (Phi) is 10.3. The number of thiazole rings is 1. The van der Waals surface area contributed by atoms with Crippen LogP contribution in [0.15, 0.2) is 35.8 Å². The minimum absolute atomic E-state index is 0. The smallest absolute Gasteiger partial charge is 0.294 e. The molecule has 1 aromatic heterocycles. The molecular formula is C21H31N3O4S. The molecule has 1 aliphatic rings. The summed E-state index contributed by atoms with van der Waals surface area (Å²) in [7, 11) is 1.94. The molecule has 1 N–H and O–H groups in total. The van der Waals surface area contributed by atoms with Gasteiger partial charge in [0.15, 0.2) is 5.13 Å². The lowest BCUT2D eigenvalue weighted by Gasteiger charge is -2.16. The molecule has 0 radical (unpaired) electrons. The molecule has 0 spiro atoms. The Morgan fingerprint density at radius 1 is 1.45 bits per heavy atom. The van der Waals surface area contributed by atoms with Crippen LogP contribution in [0.1, 0.15) is 43.0 Å². The molecule has 160 valence electrons. The van der Waals surface area contributed by atoms with E-state index in [-0.39, 0.29) is 7.33 Å². The van der Waals surface area contributed by atoms with Crippen LogP contribution in [-0.2, 0) is 14.3 Å². The van der Waals surface area contributed by atoms with Crippen LogP contribution in [0.5, 0.6) is 0 Å². The summed E-state index contributed by atoms with van der Waals surface area (Å²) in [5, 5.41) is 5.18. The van der Waals surface area contributed by atoms with Gasteiger partial charge in [0.2, 0.25) is 0 Å². The quantitative estimate of drug-likeness (QED) is 0.488. The molecule has 8 heteroatoms. The predicted octanol–water partition coefficient (Wildman–Crippen LogP) is 3.96. The van der Waals surface area contributed by atoms with E-state index in [9.17, 15) is 9.59 Å². The van der Waals surface area contributed by atoms with E-state index in [4.69, 9.17) is 4.74 Å². The van der Waals surface area contributed by atoms with Crippen molar-refractivity contribution < 1.29 is 20.5 Å². The molecule has 1 saturated heterocycles. The maximum atomic E-state index is 11.7. The van der Waals surface area contributed by atoms with Crippen molar-refractivity contribution in [2.45, 2.75) is 38.7 Å². The Balaban J connectivity index is 0.000000291. The van der Waals surface area contributed by atoms with E-state index in [1.54, 1.807) is 18.3 Å². The van der Waals surface area contributed by atoms with Gasteiger partial charge < -0.3 is 9.47 Å². The van der Waals surface area contributed by atoms with Gasteiger partial charge in [-0.05, 0) is 51.8 Å². The molecule has 1 aliphatic heterocycles. The molecule has 1 unspecified atom stereocenters. The number of hydrogen-bond acceptors (Lipinski definition) is 7. The number of rotatable bonds is 9. The van der Waals surface area contributed by atoms with Crippen LogP contribution in [0, 0.1) is 6.92 Å². The number of ether oxygens (including phenoxy) is 2. The second-order valence-electron chi connectivity index (χ2n) is 6.91. The van der Waals surface area contributed by atoms with Gasteiger partial charge >= 0.3 is 0 Å². The van der Waals surface area contributed by atoms with E-state index in [1.165, 1.54) is 24.2 Å². The molecule has 2 aromatic rings. The molecule has 0 bridgehead atoms. The third-order valence-corrected chi connectivity index (χ3v) is 5.11. The highest BCUT2D eigenvalue weighted by molar-refractivity contribution is 7.13. The summed E-state index contributed by atoms with van der Waals surface area (Å²) in [6.07, 6.45) is 6.75. The van der Waals surface area contributed by atoms with Crippen LogP contribution in [0.25, 0.3) is 0 Å². The average molecular weight is 422 g/mol. The van der Waals surface area contributed by atoms with E-state index < -0.39 is 0 Å². The minimum atomic E-state index is -0.120. The number of carbonyl (C=O) groups is 2. The van der Waals surface area contributed by atoms with Gasteiger partial charge in [-0.25, -0.2) is 4.98 Å². The van der Waals surface area contributed by atoms with Crippen molar-refractivity contribution in [3.05, 3.63) is 47.0 Å². The Labute approximate surface area is 177 Å². The molecule has 1 fully saturated rings. The SMILES string of the molecule is CN(CCCC1CCCO1)COC=O.Cc1ccc(C(=O)Nc2nccs2)cc1.[HH]. The highest BCUT2D eigenvalue weighted by atomic mass is 32.1. The van der Waals surface area contributed by atoms with Crippen molar-refractivity contribution in [3.8, 4) is 0 Å². The molecule has 1 atom stereocenters. The normalized spacial score (nSPS) is 15.5. The number of hydrogen-bond donors (Lipinski definition) is 1. The third kappa shape index (κ3) is 9.17. The van der Waals surface area contributed by atoms with E-state index >= 15 is 0 Å². The highest BCUT2D eigenvalue weighted by Crippen LogP contribution is 2.16. The largest absolute Gasteiger partial charge is 0.452 e. The Morgan fingerprint density at radius 3 is 2.86 bits per heavy atom. The summed E-state index contributed by atoms with van der Waals surface area (Å²) in [6, 6.07) is 7.43. The van der Waals surface area contributed by atoms with Crippen LogP contribution in [0.2, 0.25) is 0 Å². The number of nitrogens with one attached hydrogen (secondary N) is 1. The van der Waals surface area contributed by atoms with Crippen LogP contribution in [-0.4, -0.2) is 55.3 Å². The van der Waals surface area contributed by atoms with Crippen molar-refractivity contribution >= 4 is 28.8 Å². The number of amides is 1. The van der Waals surface area contributed by atoms with Gasteiger partial charge in [0.1, 0.15) is 6.73 Å². The molecule has 0 saturated carbocycles. The summed E-state index contributed by atoms with van der Waals surface area (Å²) in [6.45, 7) is 4.73.